The number of aliphatic hydroxyl groups excluding tert-OH is 1. The van der Waals surface area contributed by atoms with Crippen LogP contribution in [-0.2, 0) is 4.79 Å². The van der Waals surface area contributed by atoms with Crippen molar-refractivity contribution in [1.29, 1.82) is 0 Å². The topological polar surface area (TPSA) is 75.4 Å². The van der Waals surface area contributed by atoms with E-state index in [-0.39, 0.29) is 24.6 Å². The molecule has 0 spiro atoms. The Morgan fingerprint density at radius 1 is 1.42 bits per heavy atom. The number of aliphatic hydroxyl groups is 1. The first kappa shape index (κ1) is 9.48. The summed E-state index contributed by atoms with van der Waals surface area (Å²) < 4.78 is 0. The molecule has 0 atom stereocenters. The summed E-state index contributed by atoms with van der Waals surface area (Å²) in [5.41, 5.74) is 5.16. The molecule has 1 aliphatic carbocycles. The van der Waals surface area contributed by atoms with E-state index in [1.807, 2.05) is 0 Å². The number of amides is 1. The molecule has 12 heavy (non-hydrogen) atoms. The Hall–Kier alpha value is -0.610. The van der Waals surface area contributed by atoms with E-state index in [0.717, 1.165) is 25.7 Å². The summed E-state index contributed by atoms with van der Waals surface area (Å²) >= 11 is 0. The smallest absolute Gasteiger partial charge is 0.233 e. The van der Waals surface area contributed by atoms with Gasteiger partial charge in [0.05, 0.1) is 12.6 Å². The average molecular weight is 172 g/mol. The van der Waals surface area contributed by atoms with Crippen LogP contribution in [-0.4, -0.2) is 29.7 Å². The number of hydrogen-bond donors (Lipinski definition) is 3. The van der Waals surface area contributed by atoms with Gasteiger partial charge in [-0.3, -0.25) is 4.79 Å². The largest absolute Gasteiger partial charge is 0.393 e. The van der Waals surface area contributed by atoms with Crippen molar-refractivity contribution in [3.8, 4) is 0 Å². The summed E-state index contributed by atoms with van der Waals surface area (Å²) in [7, 11) is 0. The van der Waals surface area contributed by atoms with Gasteiger partial charge in [-0.15, -0.1) is 0 Å². The molecule has 1 saturated carbocycles. The fourth-order valence-corrected chi connectivity index (χ4v) is 1.51. The first-order valence-corrected chi connectivity index (χ1v) is 4.40. The van der Waals surface area contributed by atoms with E-state index in [1.165, 1.54) is 0 Å². The first-order chi connectivity index (χ1) is 5.72. The van der Waals surface area contributed by atoms with Crippen LogP contribution in [0.1, 0.15) is 25.7 Å². The number of nitrogens with one attached hydrogen (secondary N) is 1. The molecule has 70 valence electrons. The molecule has 0 radical (unpaired) electrons. The lowest BCUT2D eigenvalue weighted by molar-refractivity contribution is -0.120. The minimum absolute atomic E-state index is 0.0546. The lowest BCUT2D eigenvalue weighted by Gasteiger charge is -2.25. The fourth-order valence-electron chi connectivity index (χ4n) is 1.51. The Bertz CT molecular complexity index is 153. The third kappa shape index (κ3) is 2.79. The summed E-state index contributed by atoms with van der Waals surface area (Å²) in [6, 6.07) is 0.226. The molecule has 0 aromatic carbocycles. The standard InChI is InChI=1S/C8H16N2O2/c9-5-8(12)10-6-1-3-7(11)4-2-6/h6-7,11H,1-5,9H2,(H,10,12)/t6-,7-. The van der Waals surface area contributed by atoms with Crippen LogP contribution in [0.4, 0.5) is 0 Å². The molecule has 0 bridgehead atoms. The second-order valence-electron chi connectivity index (χ2n) is 3.28. The predicted molar refractivity (Wildman–Crippen MR) is 45.5 cm³/mol. The zero-order valence-corrected chi connectivity index (χ0v) is 7.12. The van der Waals surface area contributed by atoms with Crippen LogP contribution in [0.5, 0.6) is 0 Å². The SMILES string of the molecule is NCC(=O)N[C@H]1CC[C@H](O)CC1. The molecule has 0 unspecified atom stereocenters. The quantitative estimate of drug-likeness (QED) is 0.519. The average Bonchev–Trinajstić information content (AvgIpc) is 2.09. The molecule has 0 heterocycles. The summed E-state index contributed by atoms with van der Waals surface area (Å²) in [6.07, 6.45) is 3.14. The molecule has 4 N–H and O–H groups in total. The molecular formula is C8H16N2O2. The van der Waals surface area contributed by atoms with Crippen molar-refractivity contribution in [2.45, 2.75) is 37.8 Å². The Morgan fingerprint density at radius 3 is 2.50 bits per heavy atom. The van der Waals surface area contributed by atoms with E-state index in [1.54, 1.807) is 0 Å². The highest BCUT2D eigenvalue weighted by molar-refractivity contribution is 5.78. The number of carbonyl (C=O) groups is 1. The Kier molecular flexibility index (Phi) is 3.49. The summed E-state index contributed by atoms with van der Waals surface area (Å²) in [5, 5.41) is 12.0. The van der Waals surface area contributed by atoms with E-state index in [4.69, 9.17) is 5.73 Å². The Morgan fingerprint density at radius 2 is 2.00 bits per heavy atom. The van der Waals surface area contributed by atoms with E-state index in [9.17, 15) is 9.90 Å². The lowest BCUT2D eigenvalue weighted by Crippen LogP contribution is -2.41. The fraction of sp³-hybridized carbons (Fsp3) is 0.875. The number of rotatable bonds is 2. The summed E-state index contributed by atoms with van der Waals surface area (Å²) in [5.74, 6) is -0.101. The molecule has 1 aliphatic rings. The van der Waals surface area contributed by atoms with Gasteiger partial charge < -0.3 is 16.2 Å². The van der Waals surface area contributed by atoms with Crippen LogP contribution in [0, 0.1) is 0 Å². The van der Waals surface area contributed by atoms with Crippen LogP contribution in [0.2, 0.25) is 0 Å². The van der Waals surface area contributed by atoms with Gasteiger partial charge in [0.1, 0.15) is 0 Å². The number of hydrogen-bond acceptors (Lipinski definition) is 3. The molecule has 1 fully saturated rings. The van der Waals surface area contributed by atoms with Gasteiger partial charge in [0.2, 0.25) is 5.91 Å². The summed E-state index contributed by atoms with van der Waals surface area (Å²) in [6.45, 7) is 0.0546. The van der Waals surface area contributed by atoms with Gasteiger partial charge in [-0.2, -0.15) is 0 Å². The van der Waals surface area contributed by atoms with Crippen LogP contribution in [0.15, 0.2) is 0 Å². The highest BCUT2D eigenvalue weighted by Crippen LogP contribution is 2.17. The van der Waals surface area contributed by atoms with Gasteiger partial charge in [0.15, 0.2) is 0 Å². The van der Waals surface area contributed by atoms with Crippen molar-refractivity contribution >= 4 is 5.91 Å². The molecule has 4 nitrogen and oxygen atoms in total. The number of carbonyl (C=O) groups excluding carboxylic acids is 1. The zero-order chi connectivity index (χ0) is 8.97. The minimum atomic E-state index is -0.170. The second-order valence-corrected chi connectivity index (χ2v) is 3.28. The third-order valence-corrected chi connectivity index (χ3v) is 2.25. The predicted octanol–water partition coefficient (Wildman–Crippen LogP) is -0.635. The van der Waals surface area contributed by atoms with Crippen molar-refractivity contribution in [3.63, 3.8) is 0 Å². The van der Waals surface area contributed by atoms with Crippen molar-refractivity contribution in [2.75, 3.05) is 6.54 Å². The maximum absolute atomic E-state index is 10.9. The monoisotopic (exact) mass is 172 g/mol. The van der Waals surface area contributed by atoms with Crippen molar-refractivity contribution in [1.82, 2.24) is 5.32 Å². The maximum atomic E-state index is 10.9. The lowest BCUT2D eigenvalue weighted by atomic mass is 9.93. The van der Waals surface area contributed by atoms with Crippen LogP contribution >= 0.6 is 0 Å². The third-order valence-electron chi connectivity index (χ3n) is 2.25. The van der Waals surface area contributed by atoms with Crippen molar-refractivity contribution in [3.05, 3.63) is 0 Å². The van der Waals surface area contributed by atoms with Gasteiger partial charge in [-0.25, -0.2) is 0 Å². The molecule has 0 aliphatic heterocycles. The molecule has 4 heteroatoms. The van der Waals surface area contributed by atoms with Crippen LogP contribution in [0.3, 0.4) is 0 Å². The van der Waals surface area contributed by atoms with Crippen molar-refractivity contribution in [2.24, 2.45) is 5.73 Å². The highest BCUT2D eigenvalue weighted by atomic mass is 16.3. The van der Waals surface area contributed by atoms with E-state index < -0.39 is 0 Å². The van der Waals surface area contributed by atoms with Gasteiger partial charge in [0, 0.05) is 6.04 Å². The van der Waals surface area contributed by atoms with E-state index in [2.05, 4.69) is 5.32 Å². The molecule has 1 amide bonds. The molecule has 1 rings (SSSR count). The molecular weight excluding hydrogens is 156 g/mol. The van der Waals surface area contributed by atoms with Crippen molar-refractivity contribution < 1.29 is 9.90 Å². The van der Waals surface area contributed by atoms with E-state index >= 15 is 0 Å². The molecule has 0 saturated heterocycles. The van der Waals surface area contributed by atoms with Gasteiger partial charge in [0.25, 0.3) is 0 Å². The van der Waals surface area contributed by atoms with Crippen LogP contribution < -0.4 is 11.1 Å². The second kappa shape index (κ2) is 4.42. The van der Waals surface area contributed by atoms with Gasteiger partial charge >= 0.3 is 0 Å². The molecule has 0 aromatic rings. The normalized spacial score (nSPS) is 29.8. The highest BCUT2D eigenvalue weighted by Gasteiger charge is 2.19. The summed E-state index contributed by atoms with van der Waals surface area (Å²) in [4.78, 5) is 10.9. The molecule has 0 aromatic heterocycles. The zero-order valence-electron chi connectivity index (χ0n) is 7.12. The number of nitrogens with two attached hydrogens (primary N) is 1. The van der Waals surface area contributed by atoms with E-state index in [0.29, 0.717) is 0 Å². The Labute approximate surface area is 72.1 Å². The van der Waals surface area contributed by atoms with Gasteiger partial charge in [-0.05, 0) is 25.7 Å². The van der Waals surface area contributed by atoms with Gasteiger partial charge in [-0.1, -0.05) is 0 Å². The van der Waals surface area contributed by atoms with Crippen LogP contribution in [0.25, 0.3) is 0 Å². The maximum Gasteiger partial charge on any atom is 0.233 e. The minimum Gasteiger partial charge on any atom is -0.393 e. The first-order valence-electron chi connectivity index (χ1n) is 4.40. The Balaban J connectivity index is 2.21.